The minimum atomic E-state index is -0.653. The van der Waals surface area contributed by atoms with E-state index in [0.29, 0.717) is 41.1 Å². The number of oxazole rings is 1. The lowest BCUT2D eigenvalue weighted by atomic mass is 10.1. The molecule has 0 bridgehead atoms. The molecule has 1 aliphatic rings. The van der Waals surface area contributed by atoms with Crippen LogP contribution >= 0.6 is 0 Å². The van der Waals surface area contributed by atoms with Crippen molar-refractivity contribution in [2.45, 2.75) is 13.2 Å². The largest absolute Gasteiger partial charge is 0.496 e. The molecule has 1 amide bonds. The molecule has 0 spiro atoms. The number of rotatable bonds is 8. The predicted molar refractivity (Wildman–Crippen MR) is 104 cm³/mol. The third-order valence-corrected chi connectivity index (χ3v) is 4.38. The van der Waals surface area contributed by atoms with E-state index < -0.39 is 5.91 Å². The summed E-state index contributed by atoms with van der Waals surface area (Å²) in [6.45, 7) is 0.625. The highest BCUT2D eigenvalue weighted by molar-refractivity contribution is 6.03. The van der Waals surface area contributed by atoms with Crippen LogP contribution in [0.15, 0.2) is 46.8 Å². The van der Waals surface area contributed by atoms with Gasteiger partial charge in [-0.3, -0.25) is 9.69 Å². The lowest BCUT2D eigenvalue weighted by Gasteiger charge is -2.13. The van der Waals surface area contributed by atoms with Crippen LogP contribution in [0.1, 0.15) is 17.1 Å². The Labute approximate surface area is 171 Å². The van der Waals surface area contributed by atoms with Gasteiger partial charge < -0.3 is 24.4 Å². The van der Waals surface area contributed by atoms with Crippen molar-refractivity contribution in [3.63, 3.8) is 0 Å². The molecule has 1 aliphatic heterocycles. The molecular formula is C19H20N6O5. The van der Waals surface area contributed by atoms with Crippen LogP contribution in [0.3, 0.4) is 0 Å². The minimum absolute atomic E-state index is 0.0569. The summed E-state index contributed by atoms with van der Waals surface area (Å²) in [4.78, 5) is 19.5. The van der Waals surface area contributed by atoms with E-state index in [1.807, 2.05) is 12.1 Å². The fourth-order valence-corrected chi connectivity index (χ4v) is 3.09. The molecule has 0 fully saturated rings. The summed E-state index contributed by atoms with van der Waals surface area (Å²) < 4.78 is 21.6. The molecule has 11 nitrogen and oxygen atoms in total. The lowest BCUT2D eigenvalue weighted by molar-refractivity contribution is -0.114. The molecule has 3 aromatic rings. The number of carbonyl (C=O) groups is 1. The van der Waals surface area contributed by atoms with Crippen molar-refractivity contribution in [2.24, 2.45) is 5.73 Å². The highest BCUT2D eigenvalue weighted by atomic mass is 16.5. The number of nitrogens with zero attached hydrogens (tertiary/aromatic N) is 5. The normalized spacial score (nSPS) is 13.6. The zero-order valence-electron chi connectivity index (χ0n) is 16.4. The Bertz CT molecular complexity index is 1090. The quantitative estimate of drug-likeness (QED) is 0.578. The smallest absolute Gasteiger partial charge is 0.269 e. The second kappa shape index (κ2) is 8.25. The molecule has 3 heterocycles. The van der Waals surface area contributed by atoms with Crippen molar-refractivity contribution in [2.75, 3.05) is 25.9 Å². The number of hydrogen-bond acceptors (Lipinski definition) is 9. The SMILES string of the molecule is COCc1coc(Cn2ncc(N3COC(c4ccccc4OC)=C3C(N)=O)n2)n1. The fraction of sp³-hybridized carbons (Fsp3) is 0.263. The summed E-state index contributed by atoms with van der Waals surface area (Å²) in [6.07, 6.45) is 3.03. The molecule has 0 saturated heterocycles. The molecule has 0 saturated carbocycles. The molecule has 0 radical (unpaired) electrons. The first-order valence-electron chi connectivity index (χ1n) is 9.01. The monoisotopic (exact) mass is 412 g/mol. The number of amides is 1. The average molecular weight is 412 g/mol. The van der Waals surface area contributed by atoms with E-state index in [1.165, 1.54) is 17.3 Å². The van der Waals surface area contributed by atoms with Crippen LogP contribution in [-0.4, -0.2) is 46.8 Å². The number of aromatic nitrogens is 4. The van der Waals surface area contributed by atoms with Gasteiger partial charge in [-0.15, -0.1) is 5.10 Å². The van der Waals surface area contributed by atoms with Gasteiger partial charge in [0.15, 0.2) is 24.0 Å². The molecule has 2 aromatic heterocycles. The van der Waals surface area contributed by atoms with Gasteiger partial charge in [0.25, 0.3) is 5.91 Å². The number of benzene rings is 1. The first kappa shape index (κ1) is 19.5. The fourth-order valence-electron chi connectivity index (χ4n) is 3.09. The van der Waals surface area contributed by atoms with Crippen molar-refractivity contribution in [3.05, 3.63) is 59.6 Å². The topological polar surface area (TPSA) is 131 Å². The second-order valence-electron chi connectivity index (χ2n) is 6.34. The van der Waals surface area contributed by atoms with E-state index in [1.54, 1.807) is 31.3 Å². The van der Waals surface area contributed by atoms with Crippen molar-refractivity contribution in [1.29, 1.82) is 0 Å². The van der Waals surface area contributed by atoms with Gasteiger partial charge in [0.2, 0.25) is 5.89 Å². The number of hydrogen-bond donors (Lipinski definition) is 1. The Balaban J connectivity index is 1.61. The molecular weight excluding hydrogens is 392 g/mol. The number of para-hydroxylation sites is 1. The average Bonchev–Trinajstić information content (AvgIpc) is 3.48. The second-order valence-corrected chi connectivity index (χ2v) is 6.34. The van der Waals surface area contributed by atoms with E-state index in [-0.39, 0.29) is 19.0 Å². The molecule has 30 heavy (non-hydrogen) atoms. The minimum Gasteiger partial charge on any atom is -0.496 e. The van der Waals surface area contributed by atoms with Crippen molar-refractivity contribution < 1.29 is 23.4 Å². The van der Waals surface area contributed by atoms with E-state index in [0.717, 1.165) is 0 Å². The van der Waals surface area contributed by atoms with Gasteiger partial charge in [-0.2, -0.15) is 9.90 Å². The van der Waals surface area contributed by atoms with Crippen molar-refractivity contribution >= 4 is 17.5 Å². The van der Waals surface area contributed by atoms with Crippen LogP contribution in [0.4, 0.5) is 5.82 Å². The Hall–Kier alpha value is -3.86. The van der Waals surface area contributed by atoms with Gasteiger partial charge in [-0.05, 0) is 12.1 Å². The highest BCUT2D eigenvalue weighted by Crippen LogP contribution is 2.35. The third-order valence-electron chi connectivity index (χ3n) is 4.38. The van der Waals surface area contributed by atoms with Gasteiger partial charge in [-0.1, -0.05) is 12.1 Å². The van der Waals surface area contributed by atoms with Crippen LogP contribution in [0, 0.1) is 0 Å². The molecule has 11 heteroatoms. The Morgan fingerprint density at radius 3 is 2.90 bits per heavy atom. The summed E-state index contributed by atoms with van der Waals surface area (Å²) in [5.74, 6) is 1.07. The van der Waals surface area contributed by atoms with Gasteiger partial charge in [0.1, 0.15) is 24.3 Å². The lowest BCUT2D eigenvalue weighted by Crippen LogP contribution is -2.29. The van der Waals surface area contributed by atoms with Crippen LogP contribution in [0.2, 0.25) is 0 Å². The van der Waals surface area contributed by atoms with Gasteiger partial charge in [0.05, 0.1) is 25.5 Å². The predicted octanol–water partition coefficient (Wildman–Crippen LogP) is 1.12. The van der Waals surface area contributed by atoms with Gasteiger partial charge in [0, 0.05) is 7.11 Å². The number of anilines is 1. The molecule has 4 rings (SSSR count). The van der Waals surface area contributed by atoms with Crippen LogP contribution in [-0.2, 0) is 27.4 Å². The van der Waals surface area contributed by atoms with Crippen LogP contribution < -0.4 is 15.4 Å². The molecule has 0 atom stereocenters. The third kappa shape index (κ3) is 3.70. The number of ether oxygens (including phenoxy) is 3. The van der Waals surface area contributed by atoms with E-state index in [2.05, 4.69) is 15.2 Å². The number of nitrogens with two attached hydrogens (primary N) is 1. The molecule has 0 unspecified atom stereocenters. The first-order valence-corrected chi connectivity index (χ1v) is 9.01. The molecule has 2 N–H and O–H groups in total. The number of primary amides is 1. The Morgan fingerprint density at radius 2 is 2.13 bits per heavy atom. The number of carbonyl (C=O) groups excluding carboxylic acids is 1. The van der Waals surface area contributed by atoms with Gasteiger partial charge in [-0.25, -0.2) is 4.98 Å². The van der Waals surface area contributed by atoms with Gasteiger partial charge >= 0.3 is 0 Å². The maximum absolute atomic E-state index is 12.2. The summed E-state index contributed by atoms with van der Waals surface area (Å²) >= 11 is 0. The number of methoxy groups -OCH3 is 2. The maximum Gasteiger partial charge on any atom is 0.269 e. The molecule has 1 aromatic carbocycles. The summed E-state index contributed by atoms with van der Waals surface area (Å²) in [5, 5.41) is 8.61. The van der Waals surface area contributed by atoms with E-state index in [4.69, 9.17) is 24.4 Å². The standard InChI is InChI=1S/C19H20N6O5/c1-27-9-12-10-29-16(22-12)8-25-21-7-15(23-25)24-11-30-18(17(24)19(20)26)13-5-3-4-6-14(13)28-2/h3-7,10H,8-9,11H2,1-2H3,(H2,20,26). The molecule has 156 valence electrons. The Morgan fingerprint density at radius 1 is 1.30 bits per heavy atom. The van der Waals surface area contributed by atoms with E-state index >= 15 is 0 Å². The zero-order chi connectivity index (χ0) is 21.1. The zero-order valence-corrected chi connectivity index (χ0v) is 16.4. The maximum atomic E-state index is 12.2. The summed E-state index contributed by atoms with van der Waals surface area (Å²) in [6, 6.07) is 7.21. The molecule has 0 aliphatic carbocycles. The van der Waals surface area contributed by atoms with E-state index in [9.17, 15) is 4.79 Å². The summed E-state index contributed by atoms with van der Waals surface area (Å²) in [5.41, 5.74) is 7.12. The highest BCUT2D eigenvalue weighted by Gasteiger charge is 2.33. The van der Waals surface area contributed by atoms with Crippen LogP contribution in [0.5, 0.6) is 5.75 Å². The Kier molecular flexibility index (Phi) is 5.35. The first-order chi connectivity index (χ1) is 14.6. The van der Waals surface area contributed by atoms with Crippen molar-refractivity contribution in [3.8, 4) is 5.75 Å². The summed E-state index contributed by atoms with van der Waals surface area (Å²) in [7, 11) is 3.12. The van der Waals surface area contributed by atoms with Crippen molar-refractivity contribution in [1.82, 2.24) is 20.0 Å². The van der Waals surface area contributed by atoms with Crippen LogP contribution in [0.25, 0.3) is 5.76 Å².